The highest BCUT2D eigenvalue weighted by Crippen LogP contribution is 2.32. The third-order valence-corrected chi connectivity index (χ3v) is 6.43. The van der Waals surface area contributed by atoms with Gasteiger partial charge in [0.25, 0.3) is 0 Å². The Balaban J connectivity index is 1.50. The van der Waals surface area contributed by atoms with E-state index in [0.717, 1.165) is 45.6 Å². The van der Waals surface area contributed by atoms with Crippen molar-refractivity contribution in [2.45, 2.75) is 38.0 Å². The van der Waals surface area contributed by atoms with Crippen molar-refractivity contribution in [3.63, 3.8) is 0 Å². The number of aliphatic hydroxyl groups excluding tert-OH is 1. The number of piperidine rings is 1. The Hall–Kier alpha value is -2.46. The van der Waals surface area contributed by atoms with Crippen molar-refractivity contribution in [2.75, 3.05) is 19.7 Å². The minimum absolute atomic E-state index is 0.182. The van der Waals surface area contributed by atoms with Gasteiger partial charge in [-0.15, -0.1) is 0 Å². The summed E-state index contributed by atoms with van der Waals surface area (Å²) in [5.41, 5.74) is 3.78. The molecule has 3 aromatic carbocycles. The maximum Gasteiger partial charge on any atom is 0.0616 e. The molecule has 1 fully saturated rings. The smallest absolute Gasteiger partial charge is 0.0616 e. The van der Waals surface area contributed by atoms with Gasteiger partial charge in [0.15, 0.2) is 0 Å². The number of rotatable bonds is 8. The summed E-state index contributed by atoms with van der Waals surface area (Å²) >= 11 is 0. The highest BCUT2D eigenvalue weighted by atomic mass is 16.3. The van der Waals surface area contributed by atoms with Crippen LogP contribution in [0.1, 0.15) is 29.5 Å². The number of nitrogens with zero attached hydrogens (tertiary/aromatic N) is 2. The van der Waals surface area contributed by atoms with E-state index in [1.54, 1.807) is 0 Å². The van der Waals surface area contributed by atoms with Gasteiger partial charge in [0, 0.05) is 38.3 Å². The lowest BCUT2D eigenvalue weighted by atomic mass is 9.85. The highest BCUT2D eigenvalue weighted by molar-refractivity contribution is 5.19. The average Bonchev–Trinajstić information content (AvgIpc) is 2.81. The largest absolute Gasteiger partial charge is 0.394 e. The molecule has 1 aliphatic rings. The van der Waals surface area contributed by atoms with E-state index in [1.165, 1.54) is 16.7 Å². The molecule has 3 aromatic rings. The lowest BCUT2D eigenvalue weighted by Gasteiger charge is -2.48. The van der Waals surface area contributed by atoms with Crippen LogP contribution in [0.3, 0.4) is 0 Å². The fourth-order valence-electron chi connectivity index (χ4n) is 4.54. The molecule has 1 saturated heterocycles. The Bertz CT molecular complexity index is 833. The second-order valence-corrected chi connectivity index (χ2v) is 8.47. The van der Waals surface area contributed by atoms with E-state index in [1.807, 2.05) is 0 Å². The third kappa shape index (κ3) is 5.17. The molecule has 0 radical (unpaired) electrons. The molecule has 0 aliphatic carbocycles. The third-order valence-electron chi connectivity index (χ3n) is 6.43. The van der Waals surface area contributed by atoms with Crippen LogP contribution in [-0.4, -0.2) is 40.1 Å². The average molecular weight is 401 g/mol. The second-order valence-electron chi connectivity index (χ2n) is 8.47. The van der Waals surface area contributed by atoms with Crippen molar-refractivity contribution in [3.05, 3.63) is 108 Å². The summed E-state index contributed by atoms with van der Waals surface area (Å²) in [4.78, 5) is 5.03. The van der Waals surface area contributed by atoms with Crippen LogP contribution >= 0.6 is 0 Å². The molecular formula is C27H32N2O. The van der Waals surface area contributed by atoms with Crippen molar-refractivity contribution >= 4 is 0 Å². The quantitative estimate of drug-likeness (QED) is 0.593. The zero-order valence-electron chi connectivity index (χ0n) is 17.7. The molecule has 0 unspecified atom stereocenters. The summed E-state index contributed by atoms with van der Waals surface area (Å²) in [5.74, 6) is 0. The van der Waals surface area contributed by atoms with Crippen molar-refractivity contribution in [3.8, 4) is 0 Å². The second kappa shape index (κ2) is 10.0. The predicted octanol–water partition coefficient (Wildman–Crippen LogP) is 4.72. The van der Waals surface area contributed by atoms with Gasteiger partial charge in [0.05, 0.1) is 6.61 Å². The molecule has 0 spiro atoms. The van der Waals surface area contributed by atoms with E-state index in [4.69, 9.17) is 0 Å². The minimum Gasteiger partial charge on any atom is -0.394 e. The molecule has 0 aromatic heterocycles. The molecule has 1 aliphatic heterocycles. The Morgan fingerprint density at radius 3 is 1.53 bits per heavy atom. The summed E-state index contributed by atoms with van der Waals surface area (Å²) in [5, 5.41) is 10.6. The van der Waals surface area contributed by atoms with Crippen LogP contribution in [0, 0.1) is 0 Å². The molecule has 1 heterocycles. The molecule has 0 amide bonds. The first kappa shape index (κ1) is 20.8. The van der Waals surface area contributed by atoms with E-state index < -0.39 is 0 Å². The monoisotopic (exact) mass is 400 g/mol. The zero-order valence-corrected chi connectivity index (χ0v) is 17.7. The lowest BCUT2D eigenvalue weighted by molar-refractivity contribution is -0.0313. The first-order valence-corrected chi connectivity index (χ1v) is 11.0. The van der Waals surface area contributed by atoms with Gasteiger partial charge in [0.1, 0.15) is 0 Å². The van der Waals surface area contributed by atoms with Crippen LogP contribution in [0.2, 0.25) is 0 Å². The Morgan fingerprint density at radius 1 is 0.667 bits per heavy atom. The number of hydrogen-bond acceptors (Lipinski definition) is 3. The number of likely N-dealkylation sites (tertiary alicyclic amines) is 1. The predicted molar refractivity (Wildman–Crippen MR) is 123 cm³/mol. The molecule has 3 nitrogen and oxygen atoms in total. The van der Waals surface area contributed by atoms with Gasteiger partial charge >= 0.3 is 0 Å². The van der Waals surface area contributed by atoms with Crippen LogP contribution in [0.5, 0.6) is 0 Å². The van der Waals surface area contributed by atoms with Gasteiger partial charge in [0.2, 0.25) is 0 Å². The summed E-state index contributed by atoms with van der Waals surface area (Å²) < 4.78 is 0. The maximum absolute atomic E-state index is 10.6. The highest BCUT2D eigenvalue weighted by Gasteiger charge is 2.39. The van der Waals surface area contributed by atoms with Crippen LogP contribution in [0.15, 0.2) is 91.0 Å². The lowest BCUT2D eigenvalue weighted by Crippen LogP contribution is -2.56. The SMILES string of the molecule is OCC1(N(Cc2ccccc2)Cc2ccccc2)CCN(Cc2ccccc2)CC1. The molecule has 0 saturated carbocycles. The van der Waals surface area contributed by atoms with Gasteiger partial charge in [-0.3, -0.25) is 9.80 Å². The van der Waals surface area contributed by atoms with Crippen LogP contribution in [0.25, 0.3) is 0 Å². The Kier molecular flexibility index (Phi) is 6.96. The van der Waals surface area contributed by atoms with E-state index in [-0.39, 0.29) is 12.1 Å². The van der Waals surface area contributed by atoms with E-state index >= 15 is 0 Å². The molecule has 156 valence electrons. The van der Waals surface area contributed by atoms with Crippen molar-refractivity contribution in [1.29, 1.82) is 0 Å². The van der Waals surface area contributed by atoms with E-state index in [0.29, 0.717) is 0 Å². The number of benzene rings is 3. The van der Waals surface area contributed by atoms with Gasteiger partial charge in [-0.05, 0) is 29.5 Å². The molecule has 0 atom stereocenters. The number of hydrogen-bond donors (Lipinski definition) is 1. The number of aliphatic hydroxyl groups is 1. The summed E-state index contributed by atoms with van der Waals surface area (Å²) in [6.07, 6.45) is 1.96. The first-order valence-electron chi connectivity index (χ1n) is 11.0. The minimum atomic E-state index is -0.182. The van der Waals surface area contributed by atoms with Gasteiger partial charge in [-0.25, -0.2) is 0 Å². The standard InChI is InChI=1S/C27H32N2O/c30-23-27(16-18-28(19-17-27)20-24-10-4-1-5-11-24)29(21-25-12-6-2-7-13-25)22-26-14-8-3-9-15-26/h1-15,30H,16-23H2. The molecular weight excluding hydrogens is 368 g/mol. The van der Waals surface area contributed by atoms with Crippen LogP contribution in [0.4, 0.5) is 0 Å². The normalized spacial score (nSPS) is 16.6. The molecule has 30 heavy (non-hydrogen) atoms. The molecule has 3 heteroatoms. The van der Waals surface area contributed by atoms with Crippen LogP contribution in [-0.2, 0) is 19.6 Å². The topological polar surface area (TPSA) is 26.7 Å². The fraction of sp³-hybridized carbons (Fsp3) is 0.333. The Morgan fingerprint density at radius 2 is 1.10 bits per heavy atom. The Labute approximate surface area is 180 Å². The van der Waals surface area contributed by atoms with E-state index in [9.17, 15) is 5.11 Å². The fourth-order valence-corrected chi connectivity index (χ4v) is 4.54. The summed E-state index contributed by atoms with van der Waals surface area (Å²) in [7, 11) is 0. The van der Waals surface area contributed by atoms with Gasteiger partial charge < -0.3 is 5.11 Å². The van der Waals surface area contributed by atoms with Crippen LogP contribution < -0.4 is 0 Å². The van der Waals surface area contributed by atoms with Crippen molar-refractivity contribution < 1.29 is 5.11 Å². The molecule has 1 N–H and O–H groups in total. The van der Waals surface area contributed by atoms with Crippen molar-refractivity contribution in [1.82, 2.24) is 9.80 Å². The van der Waals surface area contributed by atoms with Crippen molar-refractivity contribution in [2.24, 2.45) is 0 Å². The van der Waals surface area contributed by atoms with Gasteiger partial charge in [-0.2, -0.15) is 0 Å². The summed E-state index contributed by atoms with van der Waals surface area (Å²) in [6.45, 7) is 4.92. The summed E-state index contributed by atoms with van der Waals surface area (Å²) in [6, 6.07) is 32.0. The first-order chi connectivity index (χ1) is 14.8. The maximum atomic E-state index is 10.6. The molecule has 0 bridgehead atoms. The molecule has 4 rings (SSSR count). The van der Waals surface area contributed by atoms with Gasteiger partial charge in [-0.1, -0.05) is 91.0 Å². The van der Waals surface area contributed by atoms with E-state index in [2.05, 4.69) is 101 Å². The zero-order chi connectivity index (χ0) is 20.7.